The minimum atomic E-state index is -4.39. The second-order valence-corrected chi connectivity index (χ2v) is 8.10. The van der Waals surface area contributed by atoms with Crippen molar-refractivity contribution < 1.29 is 22.9 Å². The summed E-state index contributed by atoms with van der Waals surface area (Å²) in [6.07, 6.45) is 5.47. The van der Waals surface area contributed by atoms with Gasteiger partial charge in [0.2, 0.25) is 0 Å². The highest BCUT2D eigenvalue weighted by atomic mass is 32.2. The third-order valence-electron chi connectivity index (χ3n) is 4.50. The lowest BCUT2D eigenvalue weighted by Crippen LogP contribution is -2.22. The summed E-state index contributed by atoms with van der Waals surface area (Å²) in [4.78, 5) is 22.4. The first-order valence-corrected chi connectivity index (χ1v) is 9.64. The van der Waals surface area contributed by atoms with E-state index in [1.807, 2.05) is 6.07 Å². The van der Waals surface area contributed by atoms with Gasteiger partial charge in [-0.25, -0.2) is 8.42 Å². The van der Waals surface area contributed by atoms with Gasteiger partial charge in [0.05, 0.1) is 4.92 Å². The Morgan fingerprint density at radius 3 is 2.46 bits per heavy atom. The molecule has 2 aromatic rings. The molecule has 2 aromatic carbocycles. The second-order valence-electron chi connectivity index (χ2n) is 6.31. The molecule has 0 N–H and O–H groups in total. The Bertz CT molecular complexity index is 1080. The second kappa shape index (κ2) is 7.07. The van der Waals surface area contributed by atoms with E-state index in [4.69, 9.17) is 11.2 Å². The molecule has 1 unspecified atom stereocenters. The van der Waals surface area contributed by atoms with Crippen molar-refractivity contribution in [2.45, 2.75) is 30.0 Å². The molecule has 9 heteroatoms. The lowest BCUT2D eigenvalue weighted by atomic mass is 10.1. The van der Waals surface area contributed by atoms with Crippen LogP contribution in [0.4, 0.5) is 5.69 Å². The summed E-state index contributed by atoms with van der Waals surface area (Å²) in [6.45, 7) is 1.35. The zero-order chi connectivity index (χ0) is 20.5. The van der Waals surface area contributed by atoms with Crippen LogP contribution < -0.4 is 0 Å². The Labute approximate surface area is 161 Å². The summed E-state index contributed by atoms with van der Waals surface area (Å²) >= 11 is 0. The van der Waals surface area contributed by atoms with Crippen molar-refractivity contribution in [3.05, 3.63) is 70.3 Å². The van der Waals surface area contributed by atoms with Crippen LogP contribution >= 0.6 is 0 Å². The molecule has 28 heavy (non-hydrogen) atoms. The number of carbonyl (C=O) groups excluding carboxylic acids is 1. The van der Waals surface area contributed by atoms with Crippen molar-refractivity contribution >= 4 is 21.7 Å². The van der Waals surface area contributed by atoms with E-state index in [-0.39, 0.29) is 6.61 Å². The summed E-state index contributed by atoms with van der Waals surface area (Å²) < 4.78 is 32.0. The maximum Gasteiger partial charge on any atom is 0.327 e. The molecule has 1 heterocycles. The molecule has 0 saturated carbocycles. The van der Waals surface area contributed by atoms with E-state index in [1.165, 1.54) is 19.1 Å². The number of nitrogens with zero attached hydrogens (tertiary/aromatic N) is 2. The zero-order valence-electron chi connectivity index (χ0n) is 14.8. The van der Waals surface area contributed by atoms with E-state index in [9.17, 15) is 23.3 Å². The van der Waals surface area contributed by atoms with Crippen LogP contribution in [0.1, 0.15) is 12.5 Å². The van der Waals surface area contributed by atoms with E-state index in [1.54, 1.807) is 24.3 Å². The molecule has 0 bridgehead atoms. The summed E-state index contributed by atoms with van der Waals surface area (Å²) in [5.74, 6) is 1.48. The number of ether oxygens (including phenoxy) is 1. The zero-order valence-corrected chi connectivity index (χ0v) is 15.6. The molecule has 1 saturated heterocycles. The van der Waals surface area contributed by atoms with Crippen LogP contribution in [0, 0.1) is 22.5 Å². The van der Waals surface area contributed by atoms with Crippen LogP contribution in [0.25, 0.3) is 0 Å². The standard InChI is InChI=1S/C19H16N2O6S/c1-3-19(2)17(18(22)27-13-14-9-5-4-6-10-14)20(19)28(25,26)16-12-8-7-11-15(16)21(23)24/h1,4-12,17H,13H2,2H3/t17-,19+,20?/m1/s1. The van der Waals surface area contributed by atoms with Gasteiger partial charge in [-0.1, -0.05) is 48.4 Å². The lowest BCUT2D eigenvalue weighted by Gasteiger charge is -2.08. The average Bonchev–Trinajstić information content (AvgIpc) is 3.34. The van der Waals surface area contributed by atoms with E-state index in [0.29, 0.717) is 0 Å². The van der Waals surface area contributed by atoms with E-state index < -0.39 is 43.1 Å². The minimum absolute atomic E-state index is 0.0454. The van der Waals surface area contributed by atoms with Crippen molar-refractivity contribution in [2.75, 3.05) is 0 Å². The van der Waals surface area contributed by atoms with Gasteiger partial charge in [-0.3, -0.25) is 14.9 Å². The number of nitro groups is 1. The number of para-hydroxylation sites is 1. The molecule has 3 rings (SSSR count). The average molecular weight is 400 g/mol. The van der Waals surface area contributed by atoms with Crippen LogP contribution in [0.3, 0.4) is 0 Å². The molecular formula is C19H16N2O6S. The molecule has 1 fully saturated rings. The molecule has 0 radical (unpaired) electrons. The van der Waals surface area contributed by atoms with Crippen molar-refractivity contribution in [2.24, 2.45) is 0 Å². The Hall–Kier alpha value is -3.22. The number of rotatable bonds is 6. The number of hydrogen-bond acceptors (Lipinski definition) is 6. The molecule has 0 aromatic heterocycles. The summed E-state index contributed by atoms with van der Waals surface area (Å²) in [5.41, 5.74) is -1.33. The third-order valence-corrected chi connectivity index (χ3v) is 6.50. The topological polar surface area (TPSA) is 107 Å². The maximum absolute atomic E-state index is 13.0. The molecule has 1 aliphatic heterocycles. The quantitative estimate of drug-likeness (QED) is 0.242. The van der Waals surface area contributed by atoms with Crippen LogP contribution in [0.15, 0.2) is 59.5 Å². The number of nitro benzene ring substituents is 1. The first-order valence-electron chi connectivity index (χ1n) is 8.20. The summed E-state index contributed by atoms with van der Waals surface area (Å²) in [5, 5.41) is 11.2. The smallest absolute Gasteiger partial charge is 0.327 e. The fourth-order valence-corrected chi connectivity index (χ4v) is 5.00. The molecule has 1 aliphatic rings. The Balaban J connectivity index is 1.88. The van der Waals surface area contributed by atoms with Gasteiger partial charge in [-0.15, -0.1) is 6.42 Å². The van der Waals surface area contributed by atoms with Gasteiger partial charge in [0, 0.05) is 6.07 Å². The Morgan fingerprint density at radius 2 is 1.86 bits per heavy atom. The monoisotopic (exact) mass is 400 g/mol. The van der Waals surface area contributed by atoms with Crippen LogP contribution in [0.2, 0.25) is 0 Å². The number of benzene rings is 2. The van der Waals surface area contributed by atoms with Crippen molar-refractivity contribution in [1.29, 1.82) is 0 Å². The fourth-order valence-electron chi connectivity index (χ4n) is 2.96. The minimum Gasteiger partial charge on any atom is -0.460 e. The molecule has 3 atom stereocenters. The molecule has 144 valence electrons. The number of terminal acetylenes is 1. The Kier molecular flexibility index (Phi) is 4.93. The summed E-state index contributed by atoms with van der Waals surface area (Å²) in [7, 11) is -4.39. The van der Waals surface area contributed by atoms with Gasteiger partial charge >= 0.3 is 5.97 Å². The van der Waals surface area contributed by atoms with E-state index >= 15 is 0 Å². The van der Waals surface area contributed by atoms with Crippen molar-refractivity contribution in [3.63, 3.8) is 0 Å². The van der Waals surface area contributed by atoms with Crippen molar-refractivity contribution in [3.8, 4) is 12.3 Å². The number of sulfonamides is 1. The van der Waals surface area contributed by atoms with Crippen LogP contribution in [-0.2, 0) is 26.2 Å². The maximum atomic E-state index is 13.0. The van der Waals surface area contributed by atoms with Gasteiger partial charge in [0.15, 0.2) is 10.9 Å². The largest absolute Gasteiger partial charge is 0.460 e. The normalized spacial score (nSPS) is 23.4. The van der Waals surface area contributed by atoms with Gasteiger partial charge in [0.1, 0.15) is 12.1 Å². The number of carbonyl (C=O) groups is 1. The fraction of sp³-hybridized carbons (Fsp3) is 0.211. The third kappa shape index (κ3) is 3.24. The van der Waals surface area contributed by atoms with E-state index in [2.05, 4.69) is 5.92 Å². The van der Waals surface area contributed by atoms with Gasteiger partial charge in [0.25, 0.3) is 15.7 Å². The highest BCUT2D eigenvalue weighted by molar-refractivity contribution is 7.89. The SMILES string of the molecule is C#C[C@@]1(C)[C@@H](C(=O)OCc2ccccc2)N1S(=O)(=O)c1ccccc1[N+](=O)[O-]. The highest BCUT2D eigenvalue weighted by Gasteiger charge is 2.70. The highest BCUT2D eigenvalue weighted by Crippen LogP contribution is 2.47. The predicted molar refractivity (Wildman–Crippen MR) is 99.4 cm³/mol. The molecule has 8 nitrogen and oxygen atoms in total. The molecular weight excluding hydrogens is 384 g/mol. The van der Waals surface area contributed by atoms with Crippen LogP contribution in [0.5, 0.6) is 0 Å². The molecule has 0 amide bonds. The van der Waals surface area contributed by atoms with Gasteiger partial charge < -0.3 is 4.74 Å². The molecule has 0 aliphatic carbocycles. The number of esters is 1. The van der Waals surface area contributed by atoms with Crippen LogP contribution in [-0.4, -0.2) is 35.2 Å². The molecule has 0 spiro atoms. The lowest BCUT2D eigenvalue weighted by molar-refractivity contribution is -0.387. The first-order chi connectivity index (χ1) is 13.2. The Morgan fingerprint density at radius 1 is 1.25 bits per heavy atom. The summed E-state index contributed by atoms with van der Waals surface area (Å²) in [6, 6.07) is 12.5. The first kappa shape index (κ1) is 19.5. The predicted octanol–water partition coefficient (Wildman–Crippen LogP) is 2.10. The number of hydrogen-bond donors (Lipinski definition) is 0. The van der Waals surface area contributed by atoms with Gasteiger partial charge in [-0.05, 0) is 18.6 Å². The van der Waals surface area contributed by atoms with Crippen molar-refractivity contribution in [1.82, 2.24) is 4.31 Å². The van der Waals surface area contributed by atoms with E-state index in [0.717, 1.165) is 22.0 Å². The van der Waals surface area contributed by atoms with Gasteiger partial charge in [-0.2, -0.15) is 4.31 Å².